The van der Waals surface area contributed by atoms with Crippen LogP contribution in [0.2, 0.25) is 0 Å². The Bertz CT molecular complexity index is 250. The van der Waals surface area contributed by atoms with Crippen molar-refractivity contribution in [2.45, 2.75) is 64.3 Å². The Balaban J connectivity index is 2.35. The molecule has 1 saturated carbocycles. The number of carbonyl (C=O) groups is 1. The normalized spacial score (nSPS) is 20.4. The zero-order chi connectivity index (χ0) is 13.4. The highest BCUT2D eigenvalue weighted by atomic mass is 16.3. The Morgan fingerprint density at radius 3 is 2.61 bits per heavy atom. The Morgan fingerprint density at radius 2 is 2.06 bits per heavy atom. The summed E-state index contributed by atoms with van der Waals surface area (Å²) in [6.45, 7) is 2.83. The number of hydrogen-bond acceptors (Lipinski definition) is 3. The smallest absolute Gasteiger partial charge is 0.236 e. The third-order valence-electron chi connectivity index (χ3n) is 4.09. The number of rotatable bonds is 7. The number of aliphatic hydroxyl groups is 1. The molecule has 0 spiro atoms. The summed E-state index contributed by atoms with van der Waals surface area (Å²) in [4.78, 5) is 11.8. The summed E-state index contributed by atoms with van der Waals surface area (Å²) in [7, 11) is 0. The van der Waals surface area contributed by atoms with Crippen LogP contribution >= 0.6 is 0 Å². The second-order valence-electron chi connectivity index (χ2n) is 5.69. The van der Waals surface area contributed by atoms with Crippen molar-refractivity contribution >= 4 is 5.91 Å². The van der Waals surface area contributed by atoms with Gasteiger partial charge in [-0.1, -0.05) is 39.0 Å². The van der Waals surface area contributed by atoms with E-state index in [4.69, 9.17) is 5.73 Å². The molecule has 1 fully saturated rings. The summed E-state index contributed by atoms with van der Waals surface area (Å²) < 4.78 is 0. The third kappa shape index (κ3) is 4.58. The van der Waals surface area contributed by atoms with E-state index in [1.165, 1.54) is 6.42 Å². The first kappa shape index (κ1) is 15.4. The van der Waals surface area contributed by atoms with Crippen LogP contribution in [0.15, 0.2) is 0 Å². The topological polar surface area (TPSA) is 75.4 Å². The molecule has 4 nitrogen and oxygen atoms in total. The predicted octanol–water partition coefficient (Wildman–Crippen LogP) is 1.56. The lowest BCUT2D eigenvalue weighted by Gasteiger charge is -2.35. The monoisotopic (exact) mass is 256 g/mol. The van der Waals surface area contributed by atoms with E-state index >= 15 is 0 Å². The van der Waals surface area contributed by atoms with Crippen molar-refractivity contribution < 1.29 is 9.90 Å². The summed E-state index contributed by atoms with van der Waals surface area (Å²) in [6, 6.07) is -0.399. The van der Waals surface area contributed by atoms with Gasteiger partial charge in [0.2, 0.25) is 5.91 Å². The lowest BCUT2D eigenvalue weighted by atomic mass is 9.74. The maximum atomic E-state index is 11.8. The molecule has 0 aromatic heterocycles. The van der Waals surface area contributed by atoms with Crippen LogP contribution in [-0.2, 0) is 4.79 Å². The van der Waals surface area contributed by atoms with E-state index < -0.39 is 6.04 Å². The van der Waals surface area contributed by atoms with Crippen molar-refractivity contribution in [3.8, 4) is 0 Å². The number of aliphatic hydroxyl groups excluding tert-OH is 1. The van der Waals surface area contributed by atoms with Gasteiger partial charge in [-0.25, -0.2) is 0 Å². The minimum atomic E-state index is -0.399. The summed E-state index contributed by atoms with van der Waals surface area (Å²) >= 11 is 0. The first-order chi connectivity index (χ1) is 8.63. The largest absolute Gasteiger partial charge is 0.396 e. The van der Waals surface area contributed by atoms with Gasteiger partial charge in [0.15, 0.2) is 0 Å². The van der Waals surface area contributed by atoms with E-state index in [9.17, 15) is 9.90 Å². The van der Waals surface area contributed by atoms with E-state index in [0.29, 0.717) is 6.54 Å². The minimum absolute atomic E-state index is 0.0677. The second kappa shape index (κ2) is 7.74. The van der Waals surface area contributed by atoms with Crippen LogP contribution in [0.3, 0.4) is 0 Å². The van der Waals surface area contributed by atoms with Crippen molar-refractivity contribution in [2.75, 3.05) is 13.2 Å². The lowest BCUT2D eigenvalue weighted by molar-refractivity contribution is -0.123. The molecule has 0 heterocycles. The molecule has 0 aliphatic heterocycles. The highest BCUT2D eigenvalue weighted by molar-refractivity contribution is 5.81. The van der Waals surface area contributed by atoms with Crippen LogP contribution in [0.25, 0.3) is 0 Å². The van der Waals surface area contributed by atoms with Gasteiger partial charge >= 0.3 is 0 Å². The van der Waals surface area contributed by atoms with Crippen LogP contribution in [0.4, 0.5) is 0 Å². The van der Waals surface area contributed by atoms with Gasteiger partial charge in [-0.2, -0.15) is 0 Å². The lowest BCUT2D eigenvalue weighted by Crippen LogP contribution is -2.47. The van der Waals surface area contributed by atoms with Crippen molar-refractivity contribution in [2.24, 2.45) is 11.1 Å². The van der Waals surface area contributed by atoms with Crippen molar-refractivity contribution in [3.05, 3.63) is 0 Å². The molecular formula is C14H28N2O2. The van der Waals surface area contributed by atoms with Crippen LogP contribution in [0.1, 0.15) is 58.3 Å². The molecule has 1 atom stereocenters. The summed E-state index contributed by atoms with van der Waals surface area (Å²) in [5.74, 6) is -0.0677. The number of unbranched alkanes of at least 4 members (excludes halogenated alkanes) is 1. The number of amides is 1. The first-order valence-electron chi connectivity index (χ1n) is 7.28. The molecule has 0 unspecified atom stereocenters. The number of carbonyl (C=O) groups excluding carboxylic acids is 1. The summed E-state index contributed by atoms with van der Waals surface area (Å²) in [5.41, 5.74) is 5.73. The van der Waals surface area contributed by atoms with E-state index in [2.05, 4.69) is 12.2 Å². The van der Waals surface area contributed by atoms with Gasteiger partial charge in [-0.15, -0.1) is 0 Å². The van der Waals surface area contributed by atoms with Crippen LogP contribution < -0.4 is 11.1 Å². The molecule has 1 rings (SSSR count). The summed E-state index contributed by atoms with van der Waals surface area (Å²) in [6.07, 6.45) is 8.35. The molecular weight excluding hydrogens is 228 g/mol. The molecule has 0 bridgehead atoms. The average Bonchev–Trinajstić information content (AvgIpc) is 2.43. The van der Waals surface area contributed by atoms with Gasteiger partial charge in [0.25, 0.3) is 0 Å². The van der Waals surface area contributed by atoms with E-state index in [0.717, 1.165) is 44.9 Å². The fourth-order valence-electron chi connectivity index (χ4n) is 2.65. The molecule has 0 aromatic carbocycles. The zero-order valence-electron chi connectivity index (χ0n) is 11.6. The number of nitrogens with one attached hydrogen (secondary N) is 1. The second-order valence-corrected chi connectivity index (χ2v) is 5.69. The molecule has 1 amide bonds. The quantitative estimate of drug-likeness (QED) is 0.647. The molecule has 18 heavy (non-hydrogen) atoms. The van der Waals surface area contributed by atoms with E-state index in [1.54, 1.807) is 0 Å². The highest BCUT2D eigenvalue weighted by Gasteiger charge is 2.32. The highest BCUT2D eigenvalue weighted by Crippen LogP contribution is 2.35. The molecule has 0 aromatic rings. The van der Waals surface area contributed by atoms with Gasteiger partial charge in [0.05, 0.1) is 12.6 Å². The first-order valence-corrected chi connectivity index (χ1v) is 7.28. The maximum Gasteiger partial charge on any atom is 0.236 e. The molecule has 4 N–H and O–H groups in total. The van der Waals surface area contributed by atoms with Crippen molar-refractivity contribution in [1.82, 2.24) is 5.32 Å². The molecule has 4 heteroatoms. The van der Waals surface area contributed by atoms with Gasteiger partial charge in [0.1, 0.15) is 0 Å². The van der Waals surface area contributed by atoms with Crippen LogP contribution in [-0.4, -0.2) is 30.2 Å². The van der Waals surface area contributed by atoms with Gasteiger partial charge < -0.3 is 16.2 Å². The minimum Gasteiger partial charge on any atom is -0.396 e. The van der Waals surface area contributed by atoms with Crippen molar-refractivity contribution in [1.29, 1.82) is 0 Å². The summed E-state index contributed by atoms with van der Waals surface area (Å²) in [5, 5.41) is 12.5. The number of hydrogen-bond donors (Lipinski definition) is 3. The Labute approximate surface area is 110 Å². The standard InChI is InChI=1S/C14H28N2O2/c1-2-3-7-12(15)13(18)16-10-14(11-17)8-5-4-6-9-14/h12,17H,2-11,15H2,1H3,(H,16,18)/t12-/m0/s1. The molecule has 1 aliphatic carbocycles. The molecule has 106 valence electrons. The Morgan fingerprint density at radius 1 is 1.39 bits per heavy atom. The van der Waals surface area contributed by atoms with Gasteiger partial charge in [0, 0.05) is 12.0 Å². The van der Waals surface area contributed by atoms with Crippen LogP contribution in [0.5, 0.6) is 0 Å². The van der Waals surface area contributed by atoms with Crippen LogP contribution in [0, 0.1) is 5.41 Å². The number of nitrogens with two attached hydrogens (primary N) is 1. The van der Waals surface area contributed by atoms with Crippen molar-refractivity contribution in [3.63, 3.8) is 0 Å². The fourth-order valence-corrected chi connectivity index (χ4v) is 2.65. The maximum absolute atomic E-state index is 11.8. The zero-order valence-corrected chi connectivity index (χ0v) is 11.6. The Kier molecular flexibility index (Phi) is 6.65. The van der Waals surface area contributed by atoms with E-state index in [1.807, 2.05) is 0 Å². The van der Waals surface area contributed by atoms with Gasteiger partial charge in [-0.05, 0) is 19.3 Å². The van der Waals surface area contributed by atoms with E-state index in [-0.39, 0.29) is 17.9 Å². The Hall–Kier alpha value is -0.610. The molecule has 0 saturated heterocycles. The predicted molar refractivity (Wildman–Crippen MR) is 73.1 cm³/mol. The third-order valence-corrected chi connectivity index (χ3v) is 4.09. The van der Waals surface area contributed by atoms with Gasteiger partial charge in [-0.3, -0.25) is 4.79 Å². The molecule has 1 aliphatic rings. The fraction of sp³-hybridized carbons (Fsp3) is 0.929. The molecule has 0 radical (unpaired) electrons. The average molecular weight is 256 g/mol. The SMILES string of the molecule is CCCC[C@H](N)C(=O)NCC1(CO)CCCCC1.